The van der Waals surface area contributed by atoms with Crippen molar-refractivity contribution < 1.29 is 9.47 Å². The lowest BCUT2D eigenvalue weighted by molar-refractivity contribution is -0.0768. The standard InChI is InChI=1S/C20H23N5O2/c1-24-13-22-17-12-21-19(23-18(17)24)25-8-6-20(7-9-25)16-4-3-15(26-2)11-14(16)5-10-27-20/h3-4,11-13H,5-10H2,1-2H3. The summed E-state index contributed by atoms with van der Waals surface area (Å²) in [7, 11) is 3.67. The first-order valence-electron chi connectivity index (χ1n) is 9.39. The highest BCUT2D eigenvalue weighted by atomic mass is 16.5. The highest BCUT2D eigenvalue weighted by Gasteiger charge is 2.41. The number of ether oxygens (including phenoxy) is 2. The van der Waals surface area contributed by atoms with Crippen LogP contribution in [0.2, 0.25) is 0 Å². The zero-order valence-corrected chi connectivity index (χ0v) is 15.7. The van der Waals surface area contributed by atoms with Crippen molar-refractivity contribution in [2.45, 2.75) is 24.9 Å². The molecule has 2 aromatic heterocycles. The molecule has 0 radical (unpaired) electrons. The number of aryl methyl sites for hydroxylation is 1. The van der Waals surface area contributed by atoms with Gasteiger partial charge in [-0.25, -0.2) is 9.97 Å². The molecule has 0 N–H and O–H groups in total. The topological polar surface area (TPSA) is 65.3 Å². The number of nitrogens with zero attached hydrogens (tertiary/aromatic N) is 5. The largest absolute Gasteiger partial charge is 0.497 e. The number of fused-ring (bicyclic) bond motifs is 3. The third-order valence-corrected chi connectivity index (χ3v) is 5.85. The predicted octanol–water partition coefficient (Wildman–Crippen LogP) is 2.44. The lowest BCUT2D eigenvalue weighted by Gasteiger charge is -2.45. The smallest absolute Gasteiger partial charge is 0.227 e. The summed E-state index contributed by atoms with van der Waals surface area (Å²) >= 11 is 0. The first kappa shape index (κ1) is 16.5. The van der Waals surface area contributed by atoms with E-state index in [9.17, 15) is 0 Å². The van der Waals surface area contributed by atoms with Gasteiger partial charge in [-0.3, -0.25) is 0 Å². The van der Waals surface area contributed by atoms with Gasteiger partial charge >= 0.3 is 0 Å². The number of imidazole rings is 1. The quantitative estimate of drug-likeness (QED) is 0.695. The molecule has 7 nitrogen and oxygen atoms in total. The van der Waals surface area contributed by atoms with Crippen LogP contribution < -0.4 is 9.64 Å². The molecule has 1 spiro atoms. The first-order valence-corrected chi connectivity index (χ1v) is 9.39. The number of anilines is 1. The van der Waals surface area contributed by atoms with Gasteiger partial charge in [0.1, 0.15) is 11.3 Å². The molecule has 1 aromatic carbocycles. The molecule has 0 amide bonds. The average Bonchev–Trinajstić information content (AvgIpc) is 3.09. The van der Waals surface area contributed by atoms with Crippen LogP contribution in [0.25, 0.3) is 11.2 Å². The summed E-state index contributed by atoms with van der Waals surface area (Å²) in [5.41, 5.74) is 4.16. The molecule has 7 heteroatoms. The summed E-state index contributed by atoms with van der Waals surface area (Å²) in [4.78, 5) is 15.8. The van der Waals surface area contributed by atoms with Gasteiger partial charge in [0.25, 0.3) is 0 Å². The molecular formula is C20H23N5O2. The van der Waals surface area contributed by atoms with E-state index in [1.54, 1.807) is 19.6 Å². The summed E-state index contributed by atoms with van der Waals surface area (Å²) in [6.07, 6.45) is 6.38. The summed E-state index contributed by atoms with van der Waals surface area (Å²) in [5.74, 6) is 1.69. The molecule has 4 heterocycles. The fourth-order valence-electron chi connectivity index (χ4n) is 4.33. The van der Waals surface area contributed by atoms with Crippen molar-refractivity contribution in [3.63, 3.8) is 0 Å². The fourth-order valence-corrected chi connectivity index (χ4v) is 4.33. The molecule has 0 saturated carbocycles. The molecular weight excluding hydrogens is 342 g/mol. The zero-order chi connectivity index (χ0) is 18.4. The monoisotopic (exact) mass is 365 g/mol. The fraction of sp³-hybridized carbons (Fsp3) is 0.450. The highest BCUT2D eigenvalue weighted by Crippen LogP contribution is 2.42. The van der Waals surface area contributed by atoms with E-state index >= 15 is 0 Å². The van der Waals surface area contributed by atoms with E-state index in [2.05, 4.69) is 27.0 Å². The summed E-state index contributed by atoms with van der Waals surface area (Å²) in [6.45, 7) is 2.50. The number of rotatable bonds is 2. The second-order valence-electron chi connectivity index (χ2n) is 7.34. The molecule has 1 saturated heterocycles. The van der Waals surface area contributed by atoms with Crippen LogP contribution in [0, 0.1) is 0 Å². The molecule has 5 rings (SSSR count). The van der Waals surface area contributed by atoms with Crippen LogP contribution in [-0.2, 0) is 23.8 Å². The Labute approximate surface area is 158 Å². The van der Waals surface area contributed by atoms with Crippen LogP contribution in [0.4, 0.5) is 5.95 Å². The van der Waals surface area contributed by atoms with Crippen molar-refractivity contribution in [3.8, 4) is 5.75 Å². The number of benzene rings is 1. The molecule has 1 fully saturated rings. The van der Waals surface area contributed by atoms with E-state index in [1.807, 2.05) is 17.7 Å². The van der Waals surface area contributed by atoms with Crippen LogP contribution in [-0.4, -0.2) is 46.3 Å². The minimum atomic E-state index is -0.201. The molecule has 0 bridgehead atoms. The number of hydrogen-bond acceptors (Lipinski definition) is 6. The molecule has 2 aliphatic heterocycles. The first-order chi connectivity index (χ1) is 13.2. The highest BCUT2D eigenvalue weighted by molar-refractivity contribution is 5.70. The maximum atomic E-state index is 6.35. The molecule has 140 valence electrons. The SMILES string of the molecule is COc1ccc2c(c1)CCOC21CCN(c2ncc3ncn(C)c3n2)CC1. The second kappa shape index (κ2) is 6.20. The third-order valence-electron chi connectivity index (χ3n) is 5.85. The second-order valence-corrected chi connectivity index (χ2v) is 7.34. The number of piperidine rings is 1. The van der Waals surface area contributed by atoms with Crippen molar-refractivity contribution >= 4 is 17.1 Å². The van der Waals surface area contributed by atoms with Crippen LogP contribution in [0.1, 0.15) is 24.0 Å². The van der Waals surface area contributed by atoms with Gasteiger partial charge in [-0.2, -0.15) is 4.98 Å². The van der Waals surface area contributed by atoms with Gasteiger partial charge in [0, 0.05) is 20.1 Å². The van der Waals surface area contributed by atoms with Gasteiger partial charge in [0.05, 0.1) is 31.8 Å². The summed E-state index contributed by atoms with van der Waals surface area (Å²) < 4.78 is 13.7. The minimum absolute atomic E-state index is 0.201. The number of hydrogen-bond donors (Lipinski definition) is 0. The van der Waals surface area contributed by atoms with Crippen molar-refractivity contribution in [2.75, 3.05) is 31.7 Å². The molecule has 27 heavy (non-hydrogen) atoms. The van der Waals surface area contributed by atoms with E-state index in [0.29, 0.717) is 0 Å². The Bertz CT molecular complexity index is 991. The van der Waals surface area contributed by atoms with E-state index < -0.39 is 0 Å². The lowest BCUT2D eigenvalue weighted by atomic mass is 9.79. The van der Waals surface area contributed by atoms with Crippen molar-refractivity contribution in [3.05, 3.63) is 41.9 Å². The molecule has 3 aromatic rings. The van der Waals surface area contributed by atoms with E-state index in [0.717, 1.165) is 61.8 Å². The van der Waals surface area contributed by atoms with Crippen LogP contribution >= 0.6 is 0 Å². The van der Waals surface area contributed by atoms with Gasteiger partial charge in [0.15, 0.2) is 5.65 Å². The van der Waals surface area contributed by atoms with Gasteiger partial charge < -0.3 is 18.9 Å². The number of methoxy groups -OCH3 is 1. The van der Waals surface area contributed by atoms with Crippen molar-refractivity contribution in [2.24, 2.45) is 7.05 Å². The Kier molecular flexibility index (Phi) is 3.79. The minimum Gasteiger partial charge on any atom is -0.497 e. The van der Waals surface area contributed by atoms with Crippen molar-refractivity contribution in [1.29, 1.82) is 0 Å². The Balaban J connectivity index is 1.40. The molecule has 0 unspecified atom stereocenters. The van der Waals surface area contributed by atoms with E-state index in [4.69, 9.17) is 14.5 Å². The third kappa shape index (κ3) is 2.65. The van der Waals surface area contributed by atoms with Gasteiger partial charge in [-0.05, 0) is 42.5 Å². The maximum absolute atomic E-state index is 6.35. The van der Waals surface area contributed by atoms with Crippen LogP contribution in [0.3, 0.4) is 0 Å². The lowest BCUT2D eigenvalue weighted by Crippen LogP contribution is -2.47. The molecule has 0 aliphatic carbocycles. The van der Waals surface area contributed by atoms with Crippen LogP contribution in [0.15, 0.2) is 30.7 Å². The van der Waals surface area contributed by atoms with E-state index in [1.165, 1.54) is 11.1 Å². The summed E-state index contributed by atoms with van der Waals surface area (Å²) in [6, 6.07) is 6.38. The van der Waals surface area contributed by atoms with Crippen molar-refractivity contribution in [1.82, 2.24) is 19.5 Å². The Morgan fingerprint density at radius 1 is 1.19 bits per heavy atom. The predicted molar refractivity (Wildman–Crippen MR) is 102 cm³/mol. The van der Waals surface area contributed by atoms with Crippen LogP contribution in [0.5, 0.6) is 5.75 Å². The van der Waals surface area contributed by atoms with Gasteiger partial charge in [-0.1, -0.05) is 6.07 Å². The Morgan fingerprint density at radius 2 is 2.04 bits per heavy atom. The normalized spacial score (nSPS) is 18.7. The molecule has 0 atom stereocenters. The Morgan fingerprint density at radius 3 is 2.85 bits per heavy atom. The Hall–Kier alpha value is -2.67. The number of aromatic nitrogens is 4. The van der Waals surface area contributed by atoms with E-state index in [-0.39, 0.29) is 5.60 Å². The maximum Gasteiger partial charge on any atom is 0.227 e. The van der Waals surface area contributed by atoms with Gasteiger partial charge in [0.2, 0.25) is 5.95 Å². The molecule has 2 aliphatic rings. The summed E-state index contributed by atoms with van der Waals surface area (Å²) in [5, 5.41) is 0. The van der Waals surface area contributed by atoms with Gasteiger partial charge in [-0.15, -0.1) is 0 Å². The average molecular weight is 365 g/mol. The zero-order valence-electron chi connectivity index (χ0n) is 15.7.